The van der Waals surface area contributed by atoms with Gasteiger partial charge in [-0.25, -0.2) is 0 Å². The molecule has 0 radical (unpaired) electrons. The molecule has 0 atom stereocenters. The molecule has 0 amide bonds. The Labute approximate surface area is 114 Å². The van der Waals surface area contributed by atoms with Gasteiger partial charge in [-0.05, 0) is 25.7 Å². The van der Waals surface area contributed by atoms with Gasteiger partial charge in [-0.3, -0.25) is 0 Å². The predicted octanol–water partition coefficient (Wildman–Crippen LogP) is 5.80. The second-order valence-electron chi connectivity index (χ2n) is 5.34. The molecule has 0 aromatic heterocycles. The Morgan fingerprint density at radius 2 is 1.50 bits per heavy atom. The third-order valence-corrected chi connectivity index (χ3v) is 3.67. The molecule has 0 N–H and O–H groups in total. The van der Waals surface area contributed by atoms with E-state index in [1.54, 1.807) is 5.57 Å². The van der Waals surface area contributed by atoms with E-state index >= 15 is 0 Å². The third-order valence-electron chi connectivity index (χ3n) is 3.67. The van der Waals surface area contributed by atoms with Crippen molar-refractivity contribution in [2.75, 3.05) is 0 Å². The van der Waals surface area contributed by atoms with Crippen LogP contribution in [-0.2, 0) is 0 Å². The number of hydrogen-bond donors (Lipinski definition) is 0. The summed E-state index contributed by atoms with van der Waals surface area (Å²) in [6, 6.07) is 0. The Kier molecular flexibility index (Phi) is 9.35. The monoisotopic (exact) mass is 244 g/mol. The van der Waals surface area contributed by atoms with Gasteiger partial charge < -0.3 is 0 Å². The van der Waals surface area contributed by atoms with Gasteiger partial charge in [-0.2, -0.15) is 0 Å². The summed E-state index contributed by atoms with van der Waals surface area (Å²) >= 11 is 0. The summed E-state index contributed by atoms with van der Waals surface area (Å²) < 4.78 is 0. The van der Waals surface area contributed by atoms with Gasteiger partial charge >= 0.3 is 0 Å². The van der Waals surface area contributed by atoms with Gasteiger partial charge in [0.2, 0.25) is 0 Å². The molecule has 1 aliphatic rings. The first-order valence-corrected chi connectivity index (χ1v) is 7.71. The second-order valence-corrected chi connectivity index (χ2v) is 5.34. The summed E-state index contributed by atoms with van der Waals surface area (Å²) in [6.45, 7) is 0. The molecule has 0 aromatic rings. The molecule has 0 aromatic carbocycles. The molecule has 0 heterocycles. The Bertz CT molecular complexity index is 288. The lowest BCUT2D eigenvalue weighted by Crippen LogP contribution is -1.83. The van der Waals surface area contributed by atoms with Gasteiger partial charge in [-0.1, -0.05) is 68.7 Å². The maximum absolute atomic E-state index is 5.22. The number of rotatable bonds is 11. The molecule has 0 heteroatoms. The third kappa shape index (κ3) is 8.18. The number of unbranched alkanes of at least 4 members (excludes halogenated alkanes) is 9. The van der Waals surface area contributed by atoms with Crippen LogP contribution in [0.2, 0.25) is 0 Å². The van der Waals surface area contributed by atoms with Crippen LogP contribution < -0.4 is 0 Å². The standard InChI is InChI=1S/C18H28/c1-2-3-4-5-6-7-8-9-10-11-12-15-18-16-13-14-17-18/h1,13-14,16H,3-12,15,17H2. The summed E-state index contributed by atoms with van der Waals surface area (Å²) in [5.41, 5.74) is 1.63. The molecular formula is C18H28. The van der Waals surface area contributed by atoms with Gasteiger partial charge in [0.25, 0.3) is 0 Å². The van der Waals surface area contributed by atoms with E-state index in [2.05, 4.69) is 24.1 Å². The molecular weight excluding hydrogens is 216 g/mol. The van der Waals surface area contributed by atoms with E-state index in [1.165, 1.54) is 70.6 Å². The smallest absolute Gasteiger partial charge is 0.00860 e. The average Bonchev–Trinajstić information content (AvgIpc) is 2.89. The molecule has 0 nitrogen and oxygen atoms in total. The summed E-state index contributed by atoms with van der Waals surface area (Å²) in [5, 5.41) is 0. The second kappa shape index (κ2) is 11.1. The fourth-order valence-corrected chi connectivity index (χ4v) is 2.49. The van der Waals surface area contributed by atoms with Crippen molar-refractivity contribution < 1.29 is 0 Å². The fourth-order valence-electron chi connectivity index (χ4n) is 2.49. The van der Waals surface area contributed by atoms with Crippen molar-refractivity contribution in [1.29, 1.82) is 0 Å². The van der Waals surface area contributed by atoms with Crippen LogP contribution in [0, 0.1) is 12.3 Å². The number of hydrogen-bond acceptors (Lipinski definition) is 0. The Morgan fingerprint density at radius 3 is 2.06 bits per heavy atom. The van der Waals surface area contributed by atoms with Crippen molar-refractivity contribution in [3.63, 3.8) is 0 Å². The highest BCUT2D eigenvalue weighted by Crippen LogP contribution is 2.18. The van der Waals surface area contributed by atoms with Gasteiger partial charge in [0.15, 0.2) is 0 Å². The van der Waals surface area contributed by atoms with Crippen LogP contribution in [0.3, 0.4) is 0 Å². The maximum atomic E-state index is 5.22. The van der Waals surface area contributed by atoms with Crippen molar-refractivity contribution in [2.24, 2.45) is 0 Å². The Balaban J connectivity index is 1.72. The number of terminal acetylenes is 1. The minimum atomic E-state index is 0.963. The SMILES string of the molecule is C#CCCCCCCCCCCCC1=CC=CC1. The lowest BCUT2D eigenvalue weighted by molar-refractivity contribution is 0.560. The van der Waals surface area contributed by atoms with Crippen LogP contribution in [0.1, 0.15) is 77.0 Å². The van der Waals surface area contributed by atoms with Gasteiger partial charge in [0.05, 0.1) is 0 Å². The molecule has 18 heavy (non-hydrogen) atoms. The molecule has 0 spiro atoms. The molecule has 100 valence electrons. The topological polar surface area (TPSA) is 0 Å². The summed E-state index contributed by atoms with van der Waals surface area (Å²) in [7, 11) is 0. The highest BCUT2D eigenvalue weighted by molar-refractivity contribution is 5.22. The molecule has 0 aliphatic heterocycles. The molecule has 0 unspecified atom stereocenters. The predicted molar refractivity (Wildman–Crippen MR) is 81.5 cm³/mol. The zero-order valence-corrected chi connectivity index (χ0v) is 11.8. The van der Waals surface area contributed by atoms with Crippen molar-refractivity contribution in [3.05, 3.63) is 23.8 Å². The van der Waals surface area contributed by atoms with Gasteiger partial charge in [0, 0.05) is 6.42 Å². The van der Waals surface area contributed by atoms with E-state index in [4.69, 9.17) is 6.42 Å². The molecule has 0 bridgehead atoms. The minimum Gasteiger partial charge on any atom is -0.120 e. The van der Waals surface area contributed by atoms with Crippen LogP contribution in [0.4, 0.5) is 0 Å². The van der Waals surface area contributed by atoms with Crippen LogP contribution >= 0.6 is 0 Å². The first-order valence-electron chi connectivity index (χ1n) is 7.71. The number of allylic oxidation sites excluding steroid dienone is 4. The maximum Gasteiger partial charge on any atom is 0.00860 e. The van der Waals surface area contributed by atoms with Crippen molar-refractivity contribution >= 4 is 0 Å². The molecule has 0 fully saturated rings. The Hall–Kier alpha value is -0.960. The minimum absolute atomic E-state index is 0.963. The normalized spacial score (nSPS) is 13.6. The largest absolute Gasteiger partial charge is 0.120 e. The zero-order chi connectivity index (χ0) is 12.9. The zero-order valence-electron chi connectivity index (χ0n) is 11.8. The van der Waals surface area contributed by atoms with E-state index in [0.717, 1.165) is 6.42 Å². The fraction of sp³-hybridized carbons (Fsp3) is 0.667. The van der Waals surface area contributed by atoms with E-state index < -0.39 is 0 Å². The molecule has 0 saturated carbocycles. The summed E-state index contributed by atoms with van der Waals surface area (Å²) in [4.78, 5) is 0. The molecule has 1 rings (SSSR count). The Morgan fingerprint density at radius 1 is 0.889 bits per heavy atom. The lowest BCUT2D eigenvalue weighted by Gasteiger charge is -2.03. The molecule has 1 aliphatic carbocycles. The summed E-state index contributed by atoms with van der Waals surface area (Å²) in [6.07, 6.45) is 27.8. The van der Waals surface area contributed by atoms with E-state index in [0.29, 0.717) is 0 Å². The van der Waals surface area contributed by atoms with E-state index in [9.17, 15) is 0 Å². The highest BCUT2D eigenvalue weighted by Gasteiger charge is 1.98. The summed E-state index contributed by atoms with van der Waals surface area (Å²) in [5.74, 6) is 2.71. The van der Waals surface area contributed by atoms with Crippen molar-refractivity contribution in [2.45, 2.75) is 77.0 Å². The first-order chi connectivity index (χ1) is 8.93. The first kappa shape index (κ1) is 15.1. The van der Waals surface area contributed by atoms with Crippen LogP contribution in [0.25, 0.3) is 0 Å². The highest BCUT2D eigenvalue weighted by atomic mass is 14.0. The van der Waals surface area contributed by atoms with Crippen LogP contribution in [0.5, 0.6) is 0 Å². The average molecular weight is 244 g/mol. The van der Waals surface area contributed by atoms with Crippen LogP contribution in [0.15, 0.2) is 23.8 Å². The van der Waals surface area contributed by atoms with E-state index in [-0.39, 0.29) is 0 Å². The van der Waals surface area contributed by atoms with Gasteiger partial charge in [0.1, 0.15) is 0 Å². The van der Waals surface area contributed by atoms with E-state index in [1.807, 2.05) is 0 Å². The lowest BCUT2D eigenvalue weighted by atomic mass is 10.0. The van der Waals surface area contributed by atoms with Gasteiger partial charge in [-0.15, -0.1) is 12.3 Å². The van der Waals surface area contributed by atoms with Crippen molar-refractivity contribution in [3.8, 4) is 12.3 Å². The van der Waals surface area contributed by atoms with Crippen LogP contribution in [-0.4, -0.2) is 0 Å². The van der Waals surface area contributed by atoms with Crippen molar-refractivity contribution in [1.82, 2.24) is 0 Å². The molecule has 0 saturated heterocycles. The quantitative estimate of drug-likeness (QED) is 0.318.